The molecule has 1 fully saturated rings. The van der Waals surface area contributed by atoms with Crippen molar-refractivity contribution < 1.29 is 14.3 Å². The normalized spacial score (nSPS) is 14.7. The predicted octanol–water partition coefficient (Wildman–Crippen LogP) is 3.18. The highest BCUT2D eigenvalue weighted by molar-refractivity contribution is 5.69. The van der Waals surface area contributed by atoms with Crippen LogP contribution in [-0.4, -0.2) is 29.7 Å². The summed E-state index contributed by atoms with van der Waals surface area (Å²) in [6.07, 6.45) is 1.78. The summed E-state index contributed by atoms with van der Waals surface area (Å²) in [5.41, 5.74) is 6.95. The molecule has 1 amide bonds. The van der Waals surface area contributed by atoms with Crippen molar-refractivity contribution >= 4 is 11.8 Å². The standard InChI is InChI=1S/C16H24N2O3/c1-16(2,3)21-15(19)18(13-5-6-13)10-11-7-12(17)9-14(8-11)20-4/h7-9,13H,5-6,10,17H2,1-4H3. The highest BCUT2D eigenvalue weighted by atomic mass is 16.6. The fourth-order valence-electron chi connectivity index (χ4n) is 2.14. The second-order valence-electron chi connectivity index (χ2n) is 6.45. The van der Waals surface area contributed by atoms with E-state index in [1.807, 2.05) is 32.9 Å². The first-order chi connectivity index (χ1) is 9.78. The fraction of sp³-hybridized carbons (Fsp3) is 0.562. The zero-order valence-corrected chi connectivity index (χ0v) is 13.2. The average molecular weight is 292 g/mol. The van der Waals surface area contributed by atoms with E-state index in [-0.39, 0.29) is 12.1 Å². The van der Waals surface area contributed by atoms with Crippen molar-refractivity contribution in [2.24, 2.45) is 0 Å². The number of nitrogens with zero attached hydrogens (tertiary/aromatic N) is 1. The van der Waals surface area contributed by atoms with E-state index in [4.69, 9.17) is 15.2 Å². The molecule has 1 aromatic rings. The highest BCUT2D eigenvalue weighted by Crippen LogP contribution is 2.31. The van der Waals surface area contributed by atoms with Gasteiger partial charge in [0.05, 0.1) is 7.11 Å². The smallest absolute Gasteiger partial charge is 0.410 e. The maximum absolute atomic E-state index is 12.3. The molecule has 21 heavy (non-hydrogen) atoms. The quantitative estimate of drug-likeness (QED) is 0.866. The Hall–Kier alpha value is -1.91. The summed E-state index contributed by atoms with van der Waals surface area (Å²) in [5.74, 6) is 0.699. The van der Waals surface area contributed by atoms with Gasteiger partial charge in [0.15, 0.2) is 0 Å². The summed E-state index contributed by atoms with van der Waals surface area (Å²) in [4.78, 5) is 14.1. The van der Waals surface area contributed by atoms with Crippen molar-refractivity contribution in [2.45, 2.75) is 51.8 Å². The summed E-state index contributed by atoms with van der Waals surface area (Å²) in [6.45, 7) is 6.11. The van der Waals surface area contributed by atoms with Crippen LogP contribution in [-0.2, 0) is 11.3 Å². The lowest BCUT2D eigenvalue weighted by Crippen LogP contribution is -2.37. The van der Waals surface area contributed by atoms with Gasteiger partial charge in [-0.15, -0.1) is 0 Å². The highest BCUT2D eigenvalue weighted by Gasteiger charge is 2.35. The van der Waals surface area contributed by atoms with Gasteiger partial charge in [-0.1, -0.05) is 0 Å². The Balaban J connectivity index is 2.13. The fourth-order valence-corrected chi connectivity index (χ4v) is 2.14. The van der Waals surface area contributed by atoms with Gasteiger partial charge in [-0.3, -0.25) is 0 Å². The first-order valence-corrected chi connectivity index (χ1v) is 7.21. The maximum atomic E-state index is 12.3. The number of nitrogen functional groups attached to an aromatic ring is 1. The van der Waals surface area contributed by atoms with Crippen LogP contribution in [0.25, 0.3) is 0 Å². The molecule has 1 aliphatic rings. The largest absolute Gasteiger partial charge is 0.497 e. The second-order valence-corrected chi connectivity index (χ2v) is 6.45. The number of hydrogen-bond donors (Lipinski definition) is 1. The van der Waals surface area contributed by atoms with Gasteiger partial charge in [0.2, 0.25) is 0 Å². The van der Waals surface area contributed by atoms with E-state index in [0.717, 1.165) is 18.4 Å². The molecule has 1 aromatic carbocycles. The molecule has 0 atom stereocenters. The number of methoxy groups -OCH3 is 1. The molecule has 0 aliphatic heterocycles. The first kappa shape index (κ1) is 15.5. The van der Waals surface area contributed by atoms with Crippen LogP contribution in [0.5, 0.6) is 5.75 Å². The minimum absolute atomic E-state index is 0.271. The number of carbonyl (C=O) groups excluding carboxylic acids is 1. The molecular formula is C16H24N2O3. The number of anilines is 1. The summed E-state index contributed by atoms with van der Waals surface area (Å²) in [5, 5.41) is 0. The zero-order chi connectivity index (χ0) is 15.6. The van der Waals surface area contributed by atoms with Gasteiger partial charge in [-0.25, -0.2) is 4.79 Å². The van der Waals surface area contributed by atoms with E-state index in [2.05, 4.69) is 0 Å². The summed E-state index contributed by atoms with van der Waals surface area (Å²) in [7, 11) is 1.60. The van der Waals surface area contributed by atoms with E-state index in [0.29, 0.717) is 18.0 Å². The minimum Gasteiger partial charge on any atom is -0.497 e. The Morgan fingerprint density at radius 2 is 2.00 bits per heavy atom. The third kappa shape index (κ3) is 4.55. The first-order valence-electron chi connectivity index (χ1n) is 7.21. The monoisotopic (exact) mass is 292 g/mol. The molecule has 0 heterocycles. The average Bonchev–Trinajstić information content (AvgIpc) is 3.17. The predicted molar refractivity (Wildman–Crippen MR) is 82.2 cm³/mol. The van der Waals surface area contributed by atoms with Crippen LogP contribution in [0.1, 0.15) is 39.2 Å². The van der Waals surface area contributed by atoms with Crippen molar-refractivity contribution in [3.8, 4) is 5.75 Å². The molecule has 0 saturated heterocycles. The van der Waals surface area contributed by atoms with E-state index in [1.165, 1.54) is 0 Å². The van der Waals surface area contributed by atoms with Crippen molar-refractivity contribution in [3.05, 3.63) is 23.8 Å². The summed E-state index contributed by atoms with van der Waals surface area (Å²) >= 11 is 0. The lowest BCUT2D eigenvalue weighted by molar-refractivity contribution is 0.0216. The molecule has 0 radical (unpaired) electrons. The molecule has 116 valence electrons. The molecule has 1 saturated carbocycles. The van der Waals surface area contributed by atoms with Crippen LogP contribution in [0.2, 0.25) is 0 Å². The number of carbonyl (C=O) groups is 1. The van der Waals surface area contributed by atoms with E-state index >= 15 is 0 Å². The van der Waals surface area contributed by atoms with Crippen LogP contribution in [0.4, 0.5) is 10.5 Å². The van der Waals surface area contributed by atoms with Gasteiger partial charge in [0.25, 0.3) is 0 Å². The number of hydrogen-bond acceptors (Lipinski definition) is 4. The number of ether oxygens (including phenoxy) is 2. The zero-order valence-electron chi connectivity index (χ0n) is 13.2. The minimum atomic E-state index is -0.488. The Morgan fingerprint density at radius 1 is 1.33 bits per heavy atom. The van der Waals surface area contributed by atoms with Gasteiger partial charge in [-0.05, 0) is 51.3 Å². The summed E-state index contributed by atoms with van der Waals surface area (Å²) < 4.78 is 10.7. The van der Waals surface area contributed by atoms with Crippen LogP contribution < -0.4 is 10.5 Å². The molecule has 2 rings (SSSR count). The Kier molecular flexibility index (Phi) is 4.30. The Labute approximate surface area is 126 Å². The van der Waals surface area contributed by atoms with Crippen molar-refractivity contribution in [2.75, 3.05) is 12.8 Å². The second kappa shape index (κ2) is 5.84. The molecule has 2 N–H and O–H groups in total. The molecule has 0 spiro atoms. The Bertz CT molecular complexity index is 519. The topological polar surface area (TPSA) is 64.8 Å². The maximum Gasteiger partial charge on any atom is 0.410 e. The van der Waals surface area contributed by atoms with Crippen LogP contribution >= 0.6 is 0 Å². The molecule has 0 unspecified atom stereocenters. The molecule has 5 heteroatoms. The van der Waals surface area contributed by atoms with Crippen molar-refractivity contribution in [3.63, 3.8) is 0 Å². The molecule has 1 aliphatic carbocycles. The Morgan fingerprint density at radius 3 is 2.52 bits per heavy atom. The van der Waals surface area contributed by atoms with Gasteiger partial charge < -0.3 is 20.1 Å². The van der Waals surface area contributed by atoms with Gasteiger partial charge >= 0.3 is 6.09 Å². The molecule has 0 bridgehead atoms. The van der Waals surface area contributed by atoms with E-state index in [1.54, 1.807) is 18.1 Å². The SMILES string of the molecule is COc1cc(N)cc(CN(C(=O)OC(C)(C)C)C2CC2)c1. The van der Waals surface area contributed by atoms with Crippen molar-refractivity contribution in [1.29, 1.82) is 0 Å². The number of nitrogens with two attached hydrogens (primary N) is 1. The van der Waals surface area contributed by atoms with Gasteiger partial charge in [-0.2, -0.15) is 0 Å². The van der Waals surface area contributed by atoms with E-state index in [9.17, 15) is 4.79 Å². The number of amides is 1. The summed E-state index contributed by atoms with van der Waals surface area (Å²) in [6, 6.07) is 5.80. The lowest BCUT2D eigenvalue weighted by atomic mass is 10.1. The molecule has 0 aromatic heterocycles. The lowest BCUT2D eigenvalue weighted by Gasteiger charge is -2.27. The van der Waals surface area contributed by atoms with Crippen LogP contribution in [0, 0.1) is 0 Å². The number of benzene rings is 1. The third-order valence-corrected chi connectivity index (χ3v) is 3.19. The molecule has 5 nitrogen and oxygen atoms in total. The van der Waals surface area contributed by atoms with Crippen LogP contribution in [0.3, 0.4) is 0 Å². The number of rotatable bonds is 4. The van der Waals surface area contributed by atoms with Crippen LogP contribution in [0.15, 0.2) is 18.2 Å². The third-order valence-electron chi connectivity index (χ3n) is 3.19. The van der Waals surface area contributed by atoms with Gasteiger partial charge in [0.1, 0.15) is 11.4 Å². The van der Waals surface area contributed by atoms with Crippen molar-refractivity contribution in [1.82, 2.24) is 4.90 Å². The van der Waals surface area contributed by atoms with Gasteiger partial charge in [0, 0.05) is 24.3 Å². The van der Waals surface area contributed by atoms with E-state index < -0.39 is 5.60 Å². The molecular weight excluding hydrogens is 268 g/mol.